The van der Waals surface area contributed by atoms with Gasteiger partial charge in [-0.2, -0.15) is 5.26 Å². The maximum atomic E-state index is 12.1. The summed E-state index contributed by atoms with van der Waals surface area (Å²) in [6, 6.07) is 9.02. The van der Waals surface area contributed by atoms with Gasteiger partial charge in [-0.1, -0.05) is 18.2 Å². The first-order valence-corrected chi connectivity index (χ1v) is 6.22. The normalized spacial score (nSPS) is 11.7. The molecule has 6 heteroatoms. The number of hydrogen-bond donors (Lipinski definition) is 0. The number of methoxy groups -OCH3 is 2. The largest absolute Gasteiger partial charge is 0.468 e. The third-order valence-electron chi connectivity index (χ3n) is 3.37. The zero-order chi connectivity index (χ0) is 15.6. The number of nitriles is 1. The van der Waals surface area contributed by atoms with E-state index in [9.17, 15) is 14.9 Å². The van der Waals surface area contributed by atoms with Crippen LogP contribution in [0.4, 0.5) is 4.79 Å². The summed E-state index contributed by atoms with van der Waals surface area (Å²) in [5.41, 5.74) is 1.53. The molecule has 0 aliphatic carbocycles. The van der Waals surface area contributed by atoms with Crippen LogP contribution < -0.4 is 0 Å². The molecule has 1 unspecified atom stereocenters. The summed E-state index contributed by atoms with van der Waals surface area (Å²) in [4.78, 5) is 23.9. The SMILES string of the molecule is COC(=O)C(C#N)c1c(C)c2ccccc2n1C(=O)OC. The summed E-state index contributed by atoms with van der Waals surface area (Å²) < 4.78 is 10.7. The van der Waals surface area contributed by atoms with Crippen molar-refractivity contribution in [3.8, 4) is 6.07 Å². The minimum atomic E-state index is -1.19. The Morgan fingerprint density at radius 1 is 1.24 bits per heavy atom. The van der Waals surface area contributed by atoms with E-state index in [0.717, 1.165) is 5.39 Å². The van der Waals surface area contributed by atoms with Crippen molar-refractivity contribution in [2.75, 3.05) is 14.2 Å². The number of nitrogens with zero attached hydrogens (tertiary/aromatic N) is 2. The highest BCUT2D eigenvalue weighted by Crippen LogP contribution is 2.31. The average molecular weight is 286 g/mol. The van der Waals surface area contributed by atoms with E-state index in [-0.39, 0.29) is 5.69 Å². The maximum Gasteiger partial charge on any atom is 0.418 e. The van der Waals surface area contributed by atoms with Crippen LogP contribution in [0, 0.1) is 18.3 Å². The van der Waals surface area contributed by atoms with Gasteiger partial charge in [0.25, 0.3) is 0 Å². The number of esters is 1. The molecule has 0 amide bonds. The first-order chi connectivity index (χ1) is 10.1. The number of aromatic nitrogens is 1. The Morgan fingerprint density at radius 3 is 2.48 bits per heavy atom. The van der Waals surface area contributed by atoms with E-state index in [4.69, 9.17) is 4.74 Å². The lowest BCUT2D eigenvalue weighted by molar-refractivity contribution is -0.141. The van der Waals surface area contributed by atoms with Gasteiger partial charge in [0.2, 0.25) is 0 Å². The maximum absolute atomic E-state index is 12.1. The van der Waals surface area contributed by atoms with Gasteiger partial charge in [-0.3, -0.25) is 4.79 Å². The highest BCUT2D eigenvalue weighted by molar-refractivity contribution is 5.96. The fourth-order valence-electron chi connectivity index (χ4n) is 2.40. The van der Waals surface area contributed by atoms with E-state index in [0.29, 0.717) is 11.1 Å². The molecule has 0 spiro atoms. The van der Waals surface area contributed by atoms with E-state index in [1.165, 1.54) is 18.8 Å². The number of rotatable bonds is 2. The third-order valence-corrected chi connectivity index (χ3v) is 3.37. The van der Waals surface area contributed by atoms with Gasteiger partial charge in [-0.05, 0) is 18.6 Å². The fourth-order valence-corrected chi connectivity index (χ4v) is 2.40. The van der Waals surface area contributed by atoms with Crippen LogP contribution in [-0.4, -0.2) is 30.8 Å². The van der Waals surface area contributed by atoms with Crippen molar-refractivity contribution < 1.29 is 19.1 Å². The molecule has 0 saturated heterocycles. The van der Waals surface area contributed by atoms with Gasteiger partial charge in [-0.25, -0.2) is 9.36 Å². The van der Waals surface area contributed by atoms with Gasteiger partial charge in [0.05, 0.1) is 31.5 Å². The van der Waals surface area contributed by atoms with Crippen molar-refractivity contribution in [1.82, 2.24) is 4.57 Å². The highest BCUT2D eigenvalue weighted by atomic mass is 16.5. The number of benzene rings is 1. The fraction of sp³-hybridized carbons (Fsp3) is 0.267. The number of fused-ring (bicyclic) bond motifs is 1. The summed E-state index contributed by atoms with van der Waals surface area (Å²) in [5, 5.41) is 10.1. The Bertz CT molecular complexity index is 755. The Labute approximate surface area is 121 Å². The Kier molecular flexibility index (Phi) is 3.94. The van der Waals surface area contributed by atoms with Crippen LogP contribution in [0.15, 0.2) is 24.3 Å². The van der Waals surface area contributed by atoms with E-state index in [2.05, 4.69) is 4.74 Å². The molecule has 0 saturated carbocycles. The van der Waals surface area contributed by atoms with Gasteiger partial charge in [-0.15, -0.1) is 0 Å². The zero-order valence-electron chi connectivity index (χ0n) is 11.9. The molecule has 108 valence electrons. The lowest BCUT2D eigenvalue weighted by Crippen LogP contribution is -2.21. The molecular weight excluding hydrogens is 272 g/mol. The summed E-state index contributed by atoms with van der Waals surface area (Å²) in [6.45, 7) is 1.75. The summed E-state index contributed by atoms with van der Waals surface area (Å²) in [7, 11) is 2.45. The number of para-hydroxylation sites is 1. The lowest BCUT2D eigenvalue weighted by atomic mass is 10.0. The second-order valence-corrected chi connectivity index (χ2v) is 4.42. The number of carbonyl (C=O) groups excluding carboxylic acids is 2. The predicted molar refractivity (Wildman–Crippen MR) is 74.8 cm³/mol. The second kappa shape index (κ2) is 5.67. The van der Waals surface area contributed by atoms with Crippen molar-refractivity contribution >= 4 is 23.0 Å². The van der Waals surface area contributed by atoms with E-state index in [1.807, 2.05) is 18.2 Å². The van der Waals surface area contributed by atoms with E-state index < -0.39 is 18.0 Å². The Hall–Kier alpha value is -2.81. The monoisotopic (exact) mass is 286 g/mol. The van der Waals surface area contributed by atoms with Crippen molar-refractivity contribution in [2.45, 2.75) is 12.8 Å². The Balaban J connectivity index is 2.84. The molecule has 0 bridgehead atoms. The van der Waals surface area contributed by atoms with Crippen LogP contribution in [-0.2, 0) is 14.3 Å². The van der Waals surface area contributed by atoms with Crippen LogP contribution in [0.3, 0.4) is 0 Å². The third kappa shape index (κ3) is 2.23. The van der Waals surface area contributed by atoms with Gasteiger partial charge in [0.1, 0.15) is 0 Å². The minimum absolute atomic E-state index is 0.275. The van der Waals surface area contributed by atoms with Crippen molar-refractivity contribution in [3.05, 3.63) is 35.5 Å². The summed E-state index contributed by atoms with van der Waals surface area (Å²) >= 11 is 0. The number of carbonyl (C=O) groups is 2. The molecule has 0 N–H and O–H groups in total. The molecule has 1 aromatic heterocycles. The van der Waals surface area contributed by atoms with Crippen LogP contribution in [0.5, 0.6) is 0 Å². The molecule has 1 atom stereocenters. The van der Waals surface area contributed by atoms with E-state index in [1.54, 1.807) is 19.1 Å². The smallest absolute Gasteiger partial charge is 0.418 e. The average Bonchev–Trinajstić information content (AvgIpc) is 2.81. The van der Waals surface area contributed by atoms with Gasteiger partial charge < -0.3 is 9.47 Å². The molecule has 1 aromatic carbocycles. The van der Waals surface area contributed by atoms with Crippen LogP contribution >= 0.6 is 0 Å². The van der Waals surface area contributed by atoms with Crippen molar-refractivity contribution in [2.24, 2.45) is 0 Å². The first kappa shape index (κ1) is 14.6. The molecule has 1 heterocycles. The molecule has 6 nitrogen and oxygen atoms in total. The number of ether oxygens (including phenoxy) is 2. The Morgan fingerprint density at radius 2 is 1.90 bits per heavy atom. The first-order valence-electron chi connectivity index (χ1n) is 6.22. The zero-order valence-corrected chi connectivity index (χ0v) is 11.9. The predicted octanol–water partition coefficient (Wildman–Crippen LogP) is 2.34. The standard InChI is InChI=1S/C15H14N2O4/c1-9-10-6-4-5-7-12(10)17(15(19)21-3)13(9)11(8-16)14(18)20-2/h4-7,11H,1-3H3. The van der Waals surface area contributed by atoms with E-state index >= 15 is 0 Å². The molecule has 0 aliphatic rings. The number of hydrogen-bond acceptors (Lipinski definition) is 5. The molecule has 21 heavy (non-hydrogen) atoms. The summed E-state index contributed by atoms with van der Waals surface area (Å²) in [6.07, 6.45) is -0.654. The molecule has 0 radical (unpaired) electrons. The van der Waals surface area contributed by atoms with Crippen LogP contribution in [0.25, 0.3) is 10.9 Å². The molecule has 0 fully saturated rings. The van der Waals surface area contributed by atoms with Crippen molar-refractivity contribution in [1.29, 1.82) is 5.26 Å². The van der Waals surface area contributed by atoms with Gasteiger partial charge in [0, 0.05) is 5.39 Å². The van der Waals surface area contributed by atoms with Crippen LogP contribution in [0.2, 0.25) is 0 Å². The number of aryl methyl sites for hydroxylation is 1. The molecule has 0 aliphatic heterocycles. The van der Waals surface area contributed by atoms with Crippen LogP contribution in [0.1, 0.15) is 17.2 Å². The van der Waals surface area contributed by atoms with Gasteiger partial charge >= 0.3 is 12.1 Å². The highest BCUT2D eigenvalue weighted by Gasteiger charge is 2.31. The van der Waals surface area contributed by atoms with Crippen molar-refractivity contribution in [3.63, 3.8) is 0 Å². The topological polar surface area (TPSA) is 81.3 Å². The lowest BCUT2D eigenvalue weighted by Gasteiger charge is -2.12. The minimum Gasteiger partial charge on any atom is -0.468 e. The molecule has 2 rings (SSSR count). The van der Waals surface area contributed by atoms with Gasteiger partial charge in [0.15, 0.2) is 5.92 Å². The molecular formula is C15H14N2O4. The molecule has 2 aromatic rings. The quantitative estimate of drug-likeness (QED) is 0.791. The second-order valence-electron chi connectivity index (χ2n) is 4.42. The summed E-state index contributed by atoms with van der Waals surface area (Å²) in [5.74, 6) is -1.91.